The van der Waals surface area contributed by atoms with E-state index in [9.17, 15) is 4.79 Å². The lowest BCUT2D eigenvalue weighted by Gasteiger charge is -2.37. The highest BCUT2D eigenvalue weighted by Gasteiger charge is 2.53. The topological polar surface area (TPSA) is 86.0 Å². The molecule has 4 unspecified atom stereocenters. The van der Waals surface area contributed by atoms with Gasteiger partial charge in [-0.05, 0) is 44.7 Å². The summed E-state index contributed by atoms with van der Waals surface area (Å²) in [7, 11) is 0. The molecule has 3 aromatic rings. The van der Waals surface area contributed by atoms with Gasteiger partial charge in [0.25, 0.3) is 5.91 Å². The predicted octanol–water partition coefficient (Wildman–Crippen LogP) is 2.44. The summed E-state index contributed by atoms with van der Waals surface area (Å²) in [4.78, 5) is 25.6. The van der Waals surface area contributed by atoms with Gasteiger partial charge in [-0.15, -0.1) is 0 Å². The molecule has 2 aliphatic rings. The standard InChI is InChI=1S/C21H22N6O2/c1-13-11-23-20(12-22-13)29-19-10-15-9-18(19)26(14(15)2)21(28)16-5-3-4-6-17(16)27-24-7-8-25-27/h3-8,11-12,14-15,18-19H,9-10H2,1-2H3. The fourth-order valence-corrected chi connectivity index (χ4v) is 4.60. The molecule has 1 saturated carbocycles. The van der Waals surface area contributed by atoms with E-state index in [2.05, 4.69) is 27.1 Å². The maximum atomic E-state index is 13.6. The zero-order valence-electron chi connectivity index (χ0n) is 16.3. The van der Waals surface area contributed by atoms with Crippen LogP contribution in [0.25, 0.3) is 5.69 Å². The Labute approximate surface area is 168 Å². The molecule has 1 aromatic carbocycles. The SMILES string of the molecule is Cc1cnc(OC2CC3CC2N(C(=O)c2ccccc2-n2nccn2)C3C)cn1. The predicted molar refractivity (Wildman–Crippen MR) is 105 cm³/mol. The second-order valence-electron chi connectivity index (χ2n) is 7.74. The Bertz CT molecular complexity index is 1020. The normalized spacial score (nSPS) is 25.4. The van der Waals surface area contributed by atoms with Gasteiger partial charge in [-0.1, -0.05) is 12.1 Å². The van der Waals surface area contributed by atoms with Crippen molar-refractivity contribution in [3.8, 4) is 11.6 Å². The summed E-state index contributed by atoms with van der Waals surface area (Å²) in [6.07, 6.45) is 8.35. The maximum absolute atomic E-state index is 13.6. The fraction of sp³-hybridized carbons (Fsp3) is 0.381. The number of aromatic nitrogens is 5. The third kappa shape index (κ3) is 3.04. The molecule has 0 radical (unpaired) electrons. The van der Waals surface area contributed by atoms with Crippen molar-refractivity contribution in [2.75, 3.05) is 0 Å². The molecule has 8 heteroatoms. The average molecular weight is 390 g/mol. The third-order valence-corrected chi connectivity index (χ3v) is 6.02. The molecule has 2 aromatic heterocycles. The first-order chi connectivity index (χ1) is 14.1. The molecule has 148 valence electrons. The van der Waals surface area contributed by atoms with E-state index < -0.39 is 0 Å². The number of carbonyl (C=O) groups excluding carboxylic acids is 1. The minimum absolute atomic E-state index is 0.0128. The largest absolute Gasteiger partial charge is 0.471 e. The Morgan fingerprint density at radius 3 is 2.62 bits per heavy atom. The first kappa shape index (κ1) is 17.8. The van der Waals surface area contributed by atoms with Crippen LogP contribution in [0.15, 0.2) is 49.1 Å². The number of carbonyl (C=O) groups is 1. The van der Waals surface area contributed by atoms with Crippen LogP contribution in [0.5, 0.6) is 5.88 Å². The van der Waals surface area contributed by atoms with E-state index in [1.54, 1.807) is 24.8 Å². The number of ether oxygens (including phenoxy) is 1. The lowest BCUT2D eigenvalue weighted by Crippen LogP contribution is -2.51. The number of fused-ring (bicyclic) bond motifs is 2. The zero-order chi connectivity index (χ0) is 20.0. The third-order valence-electron chi connectivity index (χ3n) is 6.02. The highest BCUT2D eigenvalue weighted by Crippen LogP contribution is 2.44. The number of amides is 1. The number of rotatable bonds is 4. The van der Waals surface area contributed by atoms with Gasteiger partial charge in [0.1, 0.15) is 6.10 Å². The van der Waals surface area contributed by atoms with Crippen molar-refractivity contribution in [1.82, 2.24) is 29.9 Å². The minimum Gasteiger partial charge on any atom is -0.471 e. The van der Waals surface area contributed by atoms with E-state index in [1.807, 2.05) is 36.1 Å². The van der Waals surface area contributed by atoms with Crippen LogP contribution in [0.2, 0.25) is 0 Å². The first-order valence-electron chi connectivity index (χ1n) is 9.85. The summed E-state index contributed by atoms with van der Waals surface area (Å²) in [6.45, 7) is 4.02. The molecule has 1 saturated heterocycles. The molecule has 0 spiro atoms. The van der Waals surface area contributed by atoms with Crippen LogP contribution in [-0.4, -0.2) is 54.0 Å². The molecule has 0 N–H and O–H groups in total. The monoisotopic (exact) mass is 390 g/mol. The first-order valence-corrected chi connectivity index (χ1v) is 9.85. The number of nitrogens with zero attached hydrogens (tertiary/aromatic N) is 6. The Balaban J connectivity index is 1.42. The molecule has 1 aliphatic heterocycles. The number of piperidine rings is 1. The van der Waals surface area contributed by atoms with Crippen LogP contribution >= 0.6 is 0 Å². The van der Waals surface area contributed by atoms with E-state index in [4.69, 9.17) is 4.74 Å². The summed E-state index contributed by atoms with van der Waals surface area (Å²) in [6, 6.07) is 7.63. The molecule has 1 amide bonds. The number of para-hydroxylation sites is 1. The van der Waals surface area contributed by atoms with Crippen LogP contribution < -0.4 is 4.74 Å². The molecule has 3 heterocycles. The van der Waals surface area contributed by atoms with Gasteiger partial charge in [-0.3, -0.25) is 9.78 Å². The van der Waals surface area contributed by atoms with E-state index >= 15 is 0 Å². The summed E-state index contributed by atoms with van der Waals surface area (Å²) in [5.74, 6) is 0.915. The van der Waals surface area contributed by atoms with Crippen LogP contribution in [0.4, 0.5) is 0 Å². The highest BCUT2D eigenvalue weighted by atomic mass is 16.5. The summed E-state index contributed by atoms with van der Waals surface area (Å²) >= 11 is 0. The summed E-state index contributed by atoms with van der Waals surface area (Å²) in [5.41, 5.74) is 2.12. The Hall–Kier alpha value is -3.29. The minimum atomic E-state index is -0.0767. The smallest absolute Gasteiger partial charge is 0.256 e. The summed E-state index contributed by atoms with van der Waals surface area (Å²) in [5, 5.41) is 8.39. The molecular weight excluding hydrogens is 368 g/mol. The van der Waals surface area contributed by atoms with E-state index in [0.29, 0.717) is 23.0 Å². The van der Waals surface area contributed by atoms with Gasteiger partial charge in [0, 0.05) is 6.04 Å². The molecule has 8 nitrogen and oxygen atoms in total. The van der Waals surface area contributed by atoms with Gasteiger partial charge >= 0.3 is 0 Å². The summed E-state index contributed by atoms with van der Waals surface area (Å²) < 4.78 is 6.13. The average Bonchev–Trinajstić information content (AvgIpc) is 3.46. The van der Waals surface area contributed by atoms with Crippen molar-refractivity contribution in [1.29, 1.82) is 0 Å². The van der Waals surface area contributed by atoms with Crippen molar-refractivity contribution in [3.05, 3.63) is 60.3 Å². The lowest BCUT2D eigenvalue weighted by atomic mass is 9.98. The fourth-order valence-electron chi connectivity index (χ4n) is 4.60. The van der Waals surface area contributed by atoms with Crippen LogP contribution in [-0.2, 0) is 0 Å². The van der Waals surface area contributed by atoms with Gasteiger partial charge in [0.05, 0.1) is 47.8 Å². The molecule has 4 atom stereocenters. The Morgan fingerprint density at radius 1 is 1.10 bits per heavy atom. The molecule has 5 rings (SSSR count). The van der Waals surface area contributed by atoms with E-state index in [1.165, 1.54) is 4.80 Å². The van der Waals surface area contributed by atoms with Crippen molar-refractivity contribution >= 4 is 5.91 Å². The molecule has 1 aliphatic carbocycles. The van der Waals surface area contributed by atoms with Gasteiger partial charge in [-0.2, -0.15) is 15.0 Å². The maximum Gasteiger partial charge on any atom is 0.256 e. The van der Waals surface area contributed by atoms with Crippen molar-refractivity contribution < 1.29 is 9.53 Å². The van der Waals surface area contributed by atoms with Crippen LogP contribution in [0.1, 0.15) is 35.8 Å². The molecule has 2 fully saturated rings. The van der Waals surface area contributed by atoms with Crippen LogP contribution in [0.3, 0.4) is 0 Å². The molecule has 2 bridgehead atoms. The Kier molecular flexibility index (Phi) is 4.26. The second kappa shape index (κ2) is 6.95. The van der Waals surface area contributed by atoms with Crippen LogP contribution in [0, 0.1) is 12.8 Å². The quantitative estimate of drug-likeness (QED) is 0.680. The van der Waals surface area contributed by atoms with Gasteiger partial charge in [-0.25, -0.2) is 4.98 Å². The number of benzene rings is 1. The number of hydrogen-bond donors (Lipinski definition) is 0. The van der Waals surface area contributed by atoms with Gasteiger partial charge in [0.2, 0.25) is 5.88 Å². The van der Waals surface area contributed by atoms with E-state index in [-0.39, 0.29) is 24.1 Å². The number of hydrogen-bond acceptors (Lipinski definition) is 6. The lowest BCUT2D eigenvalue weighted by molar-refractivity contribution is 0.0312. The number of likely N-dealkylation sites (tertiary alicyclic amines) is 1. The van der Waals surface area contributed by atoms with E-state index in [0.717, 1.165) is 18.5 Å². The highest BCUT2D eigenvalue weighted by molar-refractivity contribution is 5.98. The van der Waals surface area contributed by atoms with Crippen molar-refractivity contribution in [2.45, 2.75) is 44.9 Å². The van der Waals surface area contributed by atoms with Gasteiger partial charge in [0.15, 0.2) is 0 Å². The molecule has 29 heavy (non-hydrogen) atoms. The number of aryl methyl sites for hydroxylation is 1. The zero-order valence-corrected chi connectivity index (χ0v) is 16.3. The van der Waals surface area contributed by atoms with Gasteiger partial charge < -0.3 is 9.64 Å². The Morgan fingerprint density at radius 2 is 1.90 bits per heavy atom. The van der Waals surface area contributed by atoms with Crippen molar-refractivity contribution in [2.24, 2.45) is 5.92 Å². The molecular formula is C21H22N6O2. The van der Waals surface area contributed by atoms with Crippen molar-refractivity contribution in [3.63, 3.8) is 0 Å². The second-order valence-corrected chi connectivity index (χ2v) is 7.74.